The molecule has 31 heavy (non-hydrogen) atoms. The Hall–Kier alpha value is -2.88. The van der Waals surface area contributed by atoms with Crippen molar-refractivity contribution in [2.45, 2.75) is 4.90 Å². The minimum atomic E-state index is -3.53. The van der Waals surface area contributed by atoms with E-state index in [0.717, 1.165) is 5.56 Å². The topological polar surface area (TPSA) is 88.2 Å². The summed E-state index contributed by atoms with van der Waals surface area (Å²) >= 11 is 0. The Balaban J connectivity index is 1.63. The van der Waals surface area contributed by atoms with Crippen LogP contribution in [0.5, 0.6) is 11.5 Å². The van der Waals surface area contributed by atoms with Gasteiger partial charge in [-0.05, 0) is 55.1 Å². The number of methoxy groups -OCH3 is 2. The molecule has 1 aliphatic heterocycles. The van der Waals surface area contributed by atoms with Gasteiger partial charge in [0.05, 0.1) is 19.1 Å². The molecule has 0 aliphatic carbocycles. The number of rotatable bonds is 7. The number of nitrogens with one attached hydrogen (secondary N) is 1. The van der Waals surface area contributed by atoms with Gasteiger partial charge in [0.25, 0.3) is 0 Å². The maximum absolute atomic E-state index is 12.8. The molecule has 0 bridgehead atoms. The van der Waals surface area contributed by atoms with Crippen molar-refractivity contribution in [2.24, 2.45) is 0 Å². The number of nitrogens with zero attached hydrogens (tertiary/aromatic N) is 2. The minimum absolute atomic E-state index is 0.218. The smallest absolute Gasteiger partial charge is 0.248 e. The molecule has 3 rings (SSSR count). The van der Waals surface area contributed by atoms with Gasteiger partial charge in [0, 0.05) is 37.9 Å². The number of carbonyl (C=O) groups excluding carboxylic acids is 1. The van der Waals surface area contributed by atoms with Crippen molar-refractivity contribution in [3.63, 3.8) is 0 Å². The lowest BCUT2D eigenvalue weighted by Gasteiger charge is -2.31. The van der Waals surface area contributed by atoms with Gasteiger partial charge >= 0.3 is 0 Å². The molecule has 1 N–H and O–H groups in total. The zero-order valence-corrected chi connectivity index (χ0v) is 18.7. The average Bonchev–Trinajstić information content (AvgIpc) is 2.78. The molecule has 0 unspecified atom stereocenters. The number of ether oxygens (including phenoxy) is 2. The Bertz CT molecular complexity index is 1040. The fourth-order valence-corrected chi connectivity index (χ4v) is 4.62. The molecular formula is C22H27N3O5S. The number of likely N-dealkylation sites (N-methyl/N-ethyl adjacent to an activating group) is 1. The minimum Gasteiger partial charge on any atom is -0.493 e. The zero-order chi connectivity index (χ0) is 22.4. The quantitative estimate of drug-likeness (QED) is 0.658. The van der Waals surface area contributed by atoms with Gasteiger partial charge in [-0.15, -0.1) is 0 Å². The molecule has 0 radical (unpaired) electrons. The molecular weight excluding hydrogens is 418 g/mol. The van der Waals surface area contributed by atoms with E-state index in [1.165, 1.54) is 22.5 Å². The van der Waals surface area contributed by atoms with Gasteiger partial charge in [0.1, 0.15) is 0 Å². The highest BCUT2D eigenvalue weighted by molar-refractivity contribution is 7.89. The first-order chi connectivity index (χ1) is 14.8. The Morgan fingerprint density at radius 1 is 0.968 bits per heavy atom. The maximum Gasteiger partial charge on any atom is 0.248 e. The van der Waals surface area contributed by atoms with E-state index in [-0.39, 0.29) is 10.8 Å². The predicted octanol–water partition coefficient (Wildman–Crippen LogP) is 2.29. The largest absolute Gasteiger partial charge is 0.493 e. The molecule has 1 heterocycles. The third-order valence-electron chi connectivity index (χ3n) is 5.06. The summed E-state index contributed by atoms with van der Waals surface area (Å²) in [6.07, 6.45) is 3.06. The Morgan fingerprint density at radius 3 is 2.23 bits per heavy atom. The SMILES string of the molecule is COc1ccc(C=CC(=O)Nc2ccc(S(=O)(=O)N3CCN(C)CC3)cc2)cc1OC. The summed E-state index contributed by atoms with van der Waals surface area (Å²) in [6.45, 7) is 2.36. The number of piperazine rings is 1. The molecule has 166 valence electrons. The van der Waals surface area contributed by atoms with Crippen LogP contribution in [-0.4, -0.2) is 71.0 Å². The number of hydrogen-bond acceptors (Lipinski definition) is 6. The molecule has 0 saturated carbocycles. The molecule has 1 saturated heterocycles. The second kappa shape index (κ2) is 9.95. The molecule has 0 spiro atoms. The molecule has 0 aromatic heterocycles. The number of benzene rings is 2. The van der Waals surface area contributed by atoms with E-state index in [4.69, 9.17) is 9.47 Å². The van der Waals surface area contributed by atoms with Crippen LogP contribution in [0, 0.1) is 0 Å². The molecule has 8 nitrogen and oxygen atoms in total. The van der Waals surface area contributed by atoms with Crippen molar-refractivity contribution in [2.75, 3.05) is 52.8 Å². The van der Waals surface area contributed by atoms with Gasteiger partial charge in [0.2, 0.25) is 15.9 Å². The van der Waals surface area contributed by atoms with Crippen molar-refractivity contribution in [1.29, 1.82) is 0 Å². The third-order valence-corrected chi connectivity index (χ3v) is 6.97. The van der Waals surface area contributed by atoms with Gasteiger partial charge in [-0.1, -0.05) is 6.07 Å². The average molecular weight is 446 g/mol. The highest BCUT2D eigenvalue weighted by atomic mass is 32.2. The van der Waals surface area contributed by atoms with Crippen LogP contribution in [0.2, 0.25) is 0 Å². The van der Waals surface area contributed by atoms with Crippen molar-refractivity contribution in [1.82, 2.24) is 9.21 Å². The second-order valence-corrected chi connectivity index (χ2v) is 9.11. The van der Waals surface area contributed by atoms with E-state index in [2.05, 4.69) is 10.2 Å². The van der Waals surface area contributed by atoms with E-state index < -0.39 is 10.0 Å². The first kappa shape index (κ1) is 22.8. The number of hydrogen-bond donors (Lipinski definition) is 1. The molecule has 2 aromatic carbocycles. The third kappa shape index (κ3) is 5.63. The molecule has 1 amide bonds. The normalized spacial score (nSPS) is 15.7. The van der Waals surface area contributed by atoms with Crippen LogP contribution in [0.15, 0.2) is 53.4 Å². The number of sulfonamides is 1. The molecule has 1 aliphatic rings. The van der Waals surface area contributed by atoms with Crippen LogP contribution in [0.25, 0.3) is 6.08 Å². The van der Waals surface area contributed by atoms with E-state index in [1.54, 1.807) is 44.6 Å². The predicted molar refractivity (Wildman–Crippen MR) is 120 cm³/mol. The molecule has 1 fully saturated rings. The van der Waals surface area contributed by atoms with Crippen LogP contribution >= 0.6 is 0 Å². The number of carbonyl (C=O) groups is 1. The summed E-state index contributed by atoms with van der Waals surface area (Å²) < 4.78 is 37.5. The first-order valence-corrected chi connectivity index (χ1v) is 11.3. The number of anilines is 1. The van der Waals surface area contributed by atoms with Crippen LogP contribution in [-0.2, 0) is 14.8 Å². The summed E-state index contributed by atoms with van der Waals surface area (Å²) in [6, 6.07) is 11.5. The Labute approximate surface area is 183 Å². The summed E-state index contributed by atoms with van der Waals surface area (Å²) in [5.74, 6) is 0.849. The van der Waals surface area contributed by atoms with Crippen LogP contribution in [0.4, 0.5) is 5.69 Å². The van der Waals surface area contributed by atoms with Crippen molar-refractivity contribution < 1.29 is 22.7 Å². The van der Waals surface area contributed by atoms with E-state index in [9.17, 15) is 13.2 Å². The van der Waals surface area contributed by atoms with E-state index in [1.807, 2.05) is 13.1 Å². The van der Waals surface area contributed by atoms with Crippen LogP contribution in [0.3, 0.4) is 0 Å². The van der Waals surface area contributed by atoms with Crippen molar-refractivity contribution in [3.05, 3.63) is 54.1 Å². The van der Waals surface area contributed by atoms with Crippen LogP contribution < -0.4 is 14.8 Å². The lowest BCUT2D eigenvalue weighted by molar-refractivity contribution is -0.111. The monoisotopic (exact) mass is 445 g/mol. The Morgan fingerprint density at radius 2 is 1.61 bits per heavy atom. The van der Waals surface area contributed by atoms with E-state index in [0.29, 0.717) is 43.4 Å². The number of amides is 1. The zero-order valence-electron chi connectivity index (χ0n) is 17.9. The van der Waals surface area contributed by atoms with Gasteiger partial charge in [0.15, 0.2) is 11.5 Å². The highest BCUT2D eigenvalue weighted by Crippen LogP contribution is 2.28. The van der Waals surface area contributed by atoms with Crippen molar-refractivity contribution in [3.8, 4) is 11.5 Å². The Kier molecular flexibility index (Phi) is 7.32. The lowest BCUT2D eigenvalue weighted by Crippen LogP contribution is -2.46. The van der Waals surface area contributed by atoms with Gasteiger partial charge in [-0.3, -0.25) is 4.79 Å². The first-order valence-electron chi connectivity index (χ1n) is 9.83. The van der Waals surface area contributed by atoms with Gasteiger partial charge < -0.3 is 19.7 Å². The summed E-state index contributed by atoms with van der Waals surface area (Å²) in [4.78, 5) is 14.6. The highest BCUT2D eigenvalue weighted by Gasteiger charge is 2.27. The maximum atomic E-state index is 12.8. The van der Waals surface area contributed by atoms with Gasteiger partial charge in [-0.2, -0.15) is 4.31 Å². The summed E-state index contributed by atoms with van der Waals surface area (Å²) in [5.41, 5.74) is 1.29. The fourth-order valence-electron chi connectivity index (χ4n) is 3.20. The fraction of sp³-hybridized carbons (Fsp3) is 0.318. The second-order valence-electron chi connectivity index (χ2n) is 7.17. The lowest BCUT2D eigenvalue weighted by atomic mass is 10.2. The van der Waals surface area contributed by atoms with Crippen molar-refractivity contribution >= 4 is 27.7 Å². The summed E-state index contributed by atoms with van der Waals surface area (Å²) in [5, 5.41) is 2.73. The van der Waals surface area contributed by atoms with E-state index >= 15 is 0 Å². The summed E-state index contributed by atoms with van der Waals surface area (Å²) in [7, 11) is 1.55. The van der Waals surface area contributed by atoms with Gasteiger partial charge in [-0.25, -0.2) is 8.42 Å². The molecule has 9 heteroatoms. The molecule has 0 atom stereocenters. The van der Waals surface area contributed by atoms with Crippen LogP contribution in [0.1, 0.15) is 5.56 Å². The molecule has 2 aromatic rings. The standard InChI is InChI=1S/C22H27N3O5S/c1-24-12-14-25(15-13-24)31(27,28)19-8-6-18(7-9-19)23-22(26)11-5-17-4-10-20(29-2)21(16-17)30-3/h4-11,16H,12-15H2,1-3H3,(H,23,26).